The molecule has 0 bridgehead atoms. The molecule has 2 heterocycles. The monoisotopic (exact) mass is 651 g/mol. The van der Waals surface area contributed by atoms with Gasteiger partial charge < -0.3 is 38.5 Å². The fourth-order valence-electron chi connectivity index (χ4n) is 4.61. The summed E-state index contributed by atoms with van der Waals surface area (Å²) in [5, 5.41) is 5.32. The first-order chi connectivity index (χ1) is 22.4. The Morgan fingerprint density at radius 3 is 1.87 bits per heavy atom. The number of amides is 4. The average Bonchev–Trinajstić information content (AvgIpc) is 3.29. The van der Waals surface area contributed by atoms with Gasteiger partial charge in [-0.25, -0.2) is 0 Å². The van der Waals surface area contributed by atoms with E-state index in [1.54, 1.807) is 18.2 Å². The summed E-state index contributed by atoms with van der Waals surface area (Å²) < 4.78 is 37.7. The van der Waals surface area contributed by atoms with E-state index in [1.807, 2.05) is 6.92 Å². The summed E-state index contributed by atoms with van der Waals surface area (Å²) >= 11 is 0. The molecule has 3 rings (SSSR count). The van der Waals surface area contributed by atoms with Gasteiger partial charge in [0.25, 0.3) is 11.8 Å². The van der Waals surface area contributed by atoms with Crippen LogP contribution in [0.15, 0.2) is 18.2 Å². The van der Waals surface area contributed by atoms with Crippen LogP contribution in [0, 0.1) is 0 Å². The van der Waals surface area contributed by atoms with Gasteiger partial charge in [0.05, 0.1) is 90.4 Å². The summed E-state index contributed by atoms with van der Waals surface area (Å²) in [4.78, 5) is 61.9. The smallest absolute Gasteiger partial charge is 0.305 e. The second-order valence-corrected chi connectivity index (χ2v) is 10.2. The molecule has 1 fully saturated rings. The van der Waals surface area contributed by atoms with Crippen molar-refractivity contribution < 1.29 is 57.1 Å². The number of nitrogens with zero attached hydrogens (tertiary/aromatic N) is 1. The van der Waals surface area contributed by atoms with Gasteiger partial charge >= 0.3 is 5.97 Å². The van der Waals surface area contributed by atoms with Gasteiger partial charge in [-0.05, 0) is 25.0 Å². The number of carbonyl (C=O) groups is 5. The van der Waals surface area contributed by atoms with Crippen molar-refractivity contribution in [3.05, 3.63) is 29.3 Å². The lowest BCUT2D eigenvalue weighted by Crippen LogP contribution is -2.54. The molecule has 15 heteroatoms. The highest BCUT2D eigenvalue weighted by Gasteiger charge is 2.45. The predicted octanol–water partition coefficient (Wildman–Crippen LogP) is 0.943. The quantitative estimate of drug-likeness (QED) is 0.0868. The summed E-state index contributed by atoms with van der Waals surface area (Å²) in [7, 11) is 0. The van der Waals surface area contributed by atoms with Crippen LogP contribution in [0.1, 0.15) is 53.3 Å². The number of hydrogen-bond acceptors (Lipinski definition) is 13. The molecule has 4 amide bonds. The molecule has 256 valence electrons. The summed E-state index contributed by atoms with van der Waals surface area (Å²) in [5.74, 6) is -2.38. The number of ether oxygens (including phenoxy) is 7. The first kappa shape index (κ1) is 37.0. The molecule has 2 aliphatic heterocycles. The molecule has 0 aromatic heterocycles. The van der Waals surface area contributed by atoms with Crippen molar-refractivity contribution in [3.8, 4) is 0 Å². The Kier molecular flexibility index (Phi) is 17.2. The third-order valence-electron chi connectivity index (χ3n) is 6.83. The number of imide groups is 2. The molecule has 2 N–H and O–H groups in total. The Bertz CT molecular complexity index is 1150. The highest BCUT2D eigenvalue weighted by molar-refractivity contribution is 6.25. The number of piperidine rings is 1. The molecule has 0 spiro atoms. The number of hydrogen-bond donors (Lipinski definition) is 2. The molecule has 1 unspecified atom stereocenters. The molecule has 1 aromatic carbocycles. The lowest BCUT2D eigenvalue weighted by Gasteiger charge is -2.27. The van der Waals surface area contributed by atoms with Crippen molar-refractivity contribution in [1.82, 2.24) is 10.2 Å². The molecule has 46 heavy (non-hydrogen) atoms. The molecule has 15 nitrogen and oxygen atoms in total. The van der Waals surface area contributed by atoms with Crippen LogP contribution in [0.25, 0.3) is 0 Å². The van der Waals surface area contributed by atoms with Crippen LogP contribution < -0.4 is 10.6 Å². The van der Waals surface area contributed by atoms with Crippen LogP contribution >= 0.6 is 0 Å². The van der Waals surface area contributed by atoms with Gasteiger partial charge in [-0.15, -0.1) is 0 Å². The van der Waals surface area contributed by atoms with Crippen LogP contribution in [0.2, 0.25) is 0 Å². The Balaban J connectivity index is 1.12. The van der Waals surface area contributed by atoms with E-state index in [0.717, 1.165) is 11.3 Å². The maximum atomic E-state index is 13.1. The Labute approximate surface area is 268 Å². The van der Waals surface area contributed by atoms with Crippen molar-refractivity contribution in [2.45, 2.75) is 38.6 Å². The van der Waals surface area contributed by atoms with Crippen LogP contribution in [0.4, 0.5) is 5.69 Å². The van der Waals surface area contributed by atoms with Gasteiger partial charge in [0.15, 0.2) is 0 Å². The van der Waals surface area contributed by atoms with Gasteiger partial charge in [0.1, 0.15) is 12.6 Å². The standard InChI is InChI=1S/C31H45N3O12/c1-2-4-27(36)46-22-21-45-20-19-44-18-17-43-16-15-42-14-13-41-12-11-40-10-9-32-24-6-3-5-23-28(24)31(39)34(30(23)38)25-7-8-26(35)33-29(25)37/h3,5-6,25,32H,2,4,7-22H2,1H3,(H,33,35,37). The van der Waals surface area contributed by atoms with E-state index in [4.69, 9.17) is 33.2 Å². The van der Waals surface area contributed by atoms with E-state index < -0.39 is 29.7 Å². The zero-order chi connectivity index (χ0) is 33.0. The number of benzene rings is 1. The van der Waals surface area contributed by atoms with Gasteiger partial charge in [-0.2, -0.15) is 0 Å². The summed E-state index contributed by atoms with van der Waals surface area (Å²) in [6.45, 7) is 7.48. The van der Waals surface area contributed by atoms with E-state index in [0.29, 0.717) is 97.9 Å². The number of esters is 1. The SMILES string of the molecule is CCCC(=O)OCCOCCOCCOCCOCCOCCOCCNc1cccc2c1C(=O)N(C1CCC(=O)NC1=O)C2=O. The molecule has 2 aliphatic rings. The average molecular weight is 652 g/mol. The fraction of sp³-hybridized carbons (Fsp3) is 0.645. The van der Waals surface area contributed by atoms with E-state index >= 15 is 0 Å². The van der Waals surface area contributed by atoms with Gasteiger partial charge in [-0.3, -0.25) is 34.2 Å². The van der Waals surface area contributed by atoms with Crippen molar-refractivity contribution in [2.75, 3.05) is 97.8 Å². The minimum absolute atomic E-state index is 0.0658. The summed E-state index contributed by atoms with van der Waals surface area (Å²) in [6, 6.07) is 3.89. The van der Waals surface area contributed by atoms with E-state index in [2.05, 4.69) is 10.6 Å². The van der Waals surface area contributed by atoms with Gasteiger partial charge in [0, 0.05) is 25.1 Å². The van der Waals surface area contributed by atoms with E-state index in [1.165, 1.54) is 0 Å². The Morgan fingerprint density at radius 2 is 1.33 bits per heavy atom. The second-order valence-electron chi connectivity index (χ2n) is 10.2. The van der Waals surface area contributed by atoms with Crippen LogP contribution in [-0.2, 0) is 47.5 Å². The van der Waals surface area contributed by atoms with Crippen molar-refractivity contribution in [1.29, 1.82) is 0 Å². The highest BCUT2D eigenvalue weighted by Crippen LogP contribution is 2.32. The first-order valence-corrected chi connectivity index (χ1v) is 15.6. The normalized spacial score (nSPS) is 16.1. The van der Waals surface area contributed by atoms with Crippen molar-refractivity contribution in [3.63, 3.8) is 0 Å². The third-order valence-corrected chi connectivity index (χ3v) is 6.83. The third kappa shape index (κ3) is 12.4. The molecule has 0 radical (unpaired) electrons. The largest absolute Gasteiger partial charge is 0.463 e. The van der Waals surface area contributed by atoms with Crippen LogP contribution in [-0.4, -0.2) is 133 Å². The molecular formula is C31H45N3O12. The number of anilines is 1. The number of fused-ring (bicyclic) bond motifs is 1. The van der Waals surface area contributed by atoms with Crippen molar-refractivity contribution >= 4 is 35.3 Å². The minimum Gasteiger partial charge on any atom is -0.463 e. The van der Waals surface area contributed by atoms with Crippen LogP contribution in [0.3, 0.4) is 0 Å². The predicted molar refractivity (Wildman–Crippen MR) is 162 cm³/mol. The molecule has 1 aromatic rings. The highest BCUT2D eigenvalue weighted by atomic mass is 16.6. The summed E-state index contributed by atoms with van der Waals surface area (Å²) in [5.41, 5.74) is 0.903. The molecule has 0 saturated carbocycles. The maximum absolute atomic E-state index is 13.1. The summed E-state index contributed by atoms with van der Waals surface area (Å²) in [6.07, 6.45) is 1.36. The second kappa shape index (κ2) is 21.3. The lowest BCUT2D eigenvalue weighted by atomic mass is 10.0. The molecule has 1 atom stereocenters. The van der Waals surface area contributed by atoms with E-state index in [9.17, 15) is 24.0 Å². The maximum Gasteiger partial charge on any atom is 0.305 e. The fourth-order valence-corrected chi connectivity index (χ4v) is 4.61. The van der Waals surface area contributed by atoms with Crippen molar-refractivity contribution in [2.24, 2.45) is 0 Å². The zero-order valence-electron chi connectivity index (χ0n) is 26.4. The van der Waals surface area contributed by atoms with Gasteiger partial charge in [-0.1, -0.05) is 13.0 Å². The Hall–Kier alpha value is -3.47. The molecular weight excluding hydrogens is 606 g/mol. The zero-order valence-corrected chi connectivity index (χ0v) is 26.4. The topological polar surface area (TPSA) is 177 Å². The lowest BCUT2D eigenvalue weighted by molar-refractivity contribution is -0.145. The number of nitrogens with one attached hydrogen (secondary N) is 2. The number of carbonyl (C=O) groups excluding carboxylic acids is 5. The van der Waals surface area contributed by atoms with E-state index in [-0.39, 0.29) is 36.5 Å². The minimum atomic E-state index is -1.01. The first-order valence-electron chi connectivity index (χ1n) is 15.6. The van der Waals surface area contributed by atoms with Gasteiger partial charge in [0.2, 0.25) is 11.8 Å². The van der Waals surface area contributed by atoms with Crippen LogP contribution in [0.5, 0.6) is 0 Å². The number of rotatable bonds is 25. The Morgan fingerprint density at radius 1 is 0.783 bits per heavy atom. The molecule has 1 saturated heterocycles. The molecule has 0 aliphatic carbocycles.